The van der Waals surface area contributed by atoms with Crippen molar-refractivity contribution < 1.29 is 14.3 Å². The van der Waals surface area contributed by atoms with E-state index in [4.69, 9.17) is 4.74 Å². The molecule has 1 aromatic carbocycles. The lowest BCUT2D eigenvalue weighted by atomic mass is 10.1. The lowest BCUT2D eigenvalue weighted by Crippen LogP contribution is -2.45. The lowest BCUT2D eigenvalue weighted by Gasteiger charge is -2.33. The average Bonchev–Trinajstić information content (AvgIpc) is 2.65. The van der Waals surface area contributed by atoms with Crippen LogP contribution in [0, 0.1) is 25.2 Å². The number of hydrogen-bond donors (Lipinski definition) is 2. The quantitative estimate of drug-likeness (QED) is 0.596. The molecule has 1 aliphatic rings. The number of carbonyl (C=O) groups excluding carboxylic acids is 2. The molecule has 1 fully saturated rings. The smallest absolute Gasteiger partial charge is 0.410 e. The highest BCUT2D eigenvalue weighted by Crippen LogP contribution is 2.19. The summed E-state index contributed by atoms with van der Waals surface area (Å²) in [5, 5.41) is 15.3. The van der Waals surface area contributed by atoms with Crippen molar-refractivity contribution >= 4 is 17.7 Å². The molecule has 0 atom stereocenters. The predicted molar refractivity (Wildman–Crippen MR) is 112 cm³/mol. The first kappa shape index (κ1) is 22.3. The van der Waals surface area contributed by atoms with Gasteiger partial charge in [0.25, 0.3) is 5.91 Å². The van der Waals surface area contributed by atoms with E-state index in [-0.39, 0.29) is 17.7 Å². The largest absolute Gasteiger partial charge is 0.444 e. The summed E-state index contributed by atoms with van der Waals surface area (Å²) < 4.78 is 5.39. The highest BCUT2D eigenvalue weighted by Gasteiger charge is 2.26. The van der Waals surface area contributed by atoms with Crippen LogP contribution in [0.4, 0.5) is 10.5 Å². The van der Waals surface area contributed by atoms with Crippen molar-refractivity contribution in [3.8, 4) is 6.07 Å². The number of amides is 2. The van der Waals surface area contributed by atoms with Gasteiger partial charge in [0, 0.05) is 31.0 Å². The van der Waals surface area contributed by atoms with Crippen molar-refractivity contribution in [3.63, 3.8) is 0 Å². The van der Waals surface area contributed by atoms with Crippen LogP contribution in [0.2, 0.25) is 0 Å². The third kappa shape index (κ3) is 6.53. The van der Waals surface area contributed by atoms with Crippen molar-refractivity contribution in [2.75, 3.05) is 18.4 Å². The Balaban J connectivity index is 1.90. The molecule has 1 heterocycles. The fraction of sp³-hybridized carbons (Fsp3) is 0.500. The number of nitriles is 1. The molecular formula is C22H30N4O3. The summed E-state index contributed by atoms with van der Waals surface area (Å²) in [6, 6.07) is 7.69. The number of hydrogen-bond acceptors (Lipinski definition) is 5. The topological polar surface area (TPSA) is 94.5 Å². The first-order valence-electron chi connectivity index (χ1n) is 9.82. The van der Waals surface area contributed by atoms with Crippen LogP contribution in [0.3, 0.4) is 0 Å². The zero-order valence-corrected chi connectivity index (χ0v) is 17.8. The Morgan fingerprint density at radius 3 is 2.48 bits per heavy atom. The van der Waals surface area contributed by atoms with E-state index >= 15 is 0 Å². The predicted octanol–water partition coefficient (Wildman–Crippen LogP) is 3.64. The van der Waals surface area contributed by atoms with Gasteiger partial charge < -0.3 is 20.3 Å². The molecule has 0 aliphatic carbocycles. The Kier molecular flexibility index (Phi) is 7.27. The minimum Gasteiger partial charge on any atom is -0.444 e. The minimum absolute atomic E-state index is 0.0143. The summed E-state index contributed by atoms with van der Waals surface area (Å²) in [7, 11) is 0. The number of benzene rings is 1. The molecule has 2 N–H and O–H groups in total. The van der Waals surface area contributed by atoms with Crippen LogP contribution in [0.25, 0.3) is 0 Å². The molecule has 156 valence electrons. The summed E-state index contributed by atoms with van der Waals surface area (Å²) in [5.74, 6) is -0.445. The van der Waals surface area contributed by atoms with E-state index in [1.165, 1.54) is 6.20 Å². The van der Waals surface area contributed by atoms with Gasteiger partial charge in [-0.1, -0.05) is 12.1 Å². The molecule has 7 nitrogen and oxygen atoms in total. The van der Waals surface area contributed by atoms with Crippen LogP contribution >= 0.6 is 0 Å². The maximum atomic E-state index is 12.4. The average molecular weight is 399 g/mol. The highest BCUT2D eigenvalue weighted by atomic mass is 16.6. The fourth-order valence-electron chi connectivity index (χ4n) is 2.98. The van der Waals surface area contributed by atoms with Gasteiger partial charge in [0.05, 0.1) is 0 Å². The molecule has 0 spiro atoms. The van der Waals surface area contributed by atoms with Gasteiger partial charge in [0.1, 0.15) is 17.2 Å². The van der Waals surface area contributed by atoms with E-state index in [0.717, 1.165) is 11.1 Å². The normalized spacial score (nSPS) is 15.4. The van der Waals surface area contributed by atoms with Crippen LogP contribution in [-0.2, 0) is 9.53 Å². The second-order valence-corrected chi connectivity index (χ2v) is 8.28. The highest BCUT2D eigenvalue weighted by molar-refractivity contribution is 6.06. The first-order chi connectivity index (χ1) is 13.6. The van der Waals surface area contributed by atoms with Gasteiger partial charge in [0.15, 0.2) is 0 Å². The van der Waals surface area contributed by atoms with Crippen LogP contribution < -0.4 is 10.6 Å². The Hall–Kier alpha value is -3.01. The molecule has 0 aromatic heterocycles. The number of likely N-dealkylation sites (tertiary alicyclic amines) is 1. The summed E-state index contributed by atoms with van der Waals surface area (Å²) in [6.07, 6.45) is 2.59. The molecule has 29 heavy (non-hydrogen) atoms. The van der Waals surface area contributed by atoms with Gasteiger partial charge in [0.2, 0.25) is 0 Å². The third-order valence-corrected chi connectivity index (χ3v) is 4.83. The summed E-state index contributed by atoms with van der Waals surface area (Å²) in [5.41, 5.74) is 2.24. The van der Waals surface area contributed by atoms with E-state index in [2.05, 4.69) is 10.6 Å². The van der Waals surface area contributed by atoms with Crippen molar-refractivity contribution in [2.45, 2.75) is 59.1 Å². The summed E-state index contributed by atoms with van der Waals surface area (Å²) in [4.78, 5) is 26.3. The van der Waals surface area contributed by atoms with Crippen molar-refractivity contribution in [2.24, 2.45) is 0 Å². The molecule has 0 bridgehead atoms. The van der Waals surface area contributed by atoms with Crippen LogP contribution in [-0.4, -0.2) is 41.6 Å². The zero-order valence-electron chi connectivity index (χ0n) is 17.8. The van der Waals surface area contributed by atoms with E-state index in [1.54, 1.807) is 4.90 Å². The van der Waals surface area contributed by atoms with Gasteiger partial charge in [-0.3, -0.25) is 4.79 Å². The minimum atomic E-state index is -0.514. The maximum absolute atomic E-state index is 12.4. The van der Waals surface area contributed by atoms with Crippen LogP contribution in [0.15, 0.2) is 30.0 Å². The Labute approximate surface area is 172 Å². The molecule has 7 heteroatoms. The zero-order chi connectivity index (χ0) is 21.6. The number of nitrogens with zero attached hydrogens (tertiary/aromatic N) is 2. The molecule has 0 radical (unpaired) electrons. The monoisotopic (exact) mass is 398 g/mol. The molecule has 1 aliphatic heterocycles. The molecule has 0 unspecified atom stereocenters. The van der Waals surface area contributed by atoms with Crippen molar-refractivity contribution in [3.05, 3.63) is 41.1 Å². The first-order valence-corrected chi connectivity index (χ1v) is 9.82. The molecular weight excluding hydrogens is 368 g/mol. The number of rotatable bonds is 4. The third-order valence-electron chi connectivity index (χ3n) is 4.83. The Morgan fingerprint density at radius 2 is 1.90 bits per heavy atom. The van der Waals surface area contributed by atoms with E-state index in [0.29, 0.717) is 31.6 Å². The number of ether oxygens (including phenoxy) is 1. The summed E-state index contributed by atoms with van der Waals surface area (Å²) >= 11 is 0. The standard InChI is InChI=1S/C22H30N4O3/c1-15-7-6-8-19(16(15)2)25-20(27)17(13-23)14-24-18-9-11-26(12-10-18)21(28)29-22(3,4)5/h6-8,14,18,24H,9-12H2,1-5H3,(H,25,27)/b17-14-. The van der Waals surface area contributed by atoms with Crippen molar-refractivity contribution in [1.29, 1.82) is 5.26 Å². The SMILES string of the molecule is Cc1cccc(NC(=O)/C(C#N)=C\NC2CCN(C(=O)OC(C)(C)C)CC2)c1C. The number of nitrogens with one attached hydrogen (secondary N) is 2. The lowest BCUT2D eigenvalue weighted by molar-refractivity contribution is -0.112. The molecule has 1 saturated heterocycles. The van der Waals surface area contributed by atoms with Gasteiger partial charge in [-0.05, 0) is 64.7 Å². The van der Waals surface area contributed by atoms with Gasteiger partial charge in [-0.25, -0.2) is 4.79 Å². The molecule has 2 rings (SSSR count). The maximum Gasteiger partial charge on any atom is 0.410 e. The van der Waals surface area contributed by atoms with Gasteiger partial charge in [-0.15, -0.1) is 0 Å². The van der Waals surface area contributed by atoms with Crippen LogP contribution in [0.5, 0.6) is 0 Å². The van der Waals surface area contributed by atoms with Crippen LogP contribution in [0.1, 0.15) is 44.7 Å². The van der Waals surface area contributed by atoms with Crippen molar-refractivity contribution in [1.82, 2.24) is 10.2 Å². The number of anilines is 1. The number of aryl methyl sites for hydroxylation is 1. The number of carbonyl (C=O) groups is 2. The summed E-state index contributed by atoms with van der Waals surface area (Å²) in [6.45, 7) is 10.6. The van der Waals surface area contributed by atoms with Gasteiger partial charge >= 0.3 is 6.09 Å². The van der Waals surface area contributed by atoms with E-state index in [1.807, 2.05) is 58.9 Å². The second-order valence-electron chi connectivity index (χ2n) is 8.28. The van der Waals surface area contributed by atoms with E-state index < -0.39 is 11.5 Å². The van der Waals surface area contributed by atoms with E-state index in [9.17, 15) is 14.9 Å². The molecule has 1 aromatic rings. The molecule has 2 amide bonds. The number of piperidine rings is 1. The van der Waals surface area contributed by atoms with Gasteiger partial charge in [-0.2, -0.15) is 5.26 Å². The molecule has 0 saturated carbocycles. The Morgan fingerprint density at radius 1 is 1.24 bits per heavy atom. The fourth-order valence-corrected chi connectivity index (χ4v) is 2.98. The second kappa shape index (κ2) is 9.46. The Bertz CT molecular complexity index is 825.